The summed E-state index contributed by atoms with van der Waals surface area (Å²) in [5, 5.41) is 17.3. The smallest absolute Gasteiger partial charge is 0.407 e. The second-order valence-corrected chi connectivity index (χ2v) is 9.66. The Morgan fingerprint density at radius 1 is 1.33 bits per heavy atom. The third kappa shape index (κ3) is 6.77. The van der Waals surface area contributed by atoms with Crippen LogP contribution in [0.4, 0.5) is 4.79 Å². The topological polar surface area (TPSA) is 146 Å². The van der Waals surface area contributed by atoms with Crippen molar-refractivity contribution in [2.45, 2.75) is 57.0 Å². The monoisotopic (exact) mass is 479 g/mol. The zero-order chi connectivity index (χ0) is 24.6. The van der Waals surface area contributed by atoms with Crippen LogP contribution < -0.4 is 16.4 Å². The Morgan fingerprint density at radius 3 is 2.58 bits per heavy atom. The normalized spacial score (nSPS) is 17.4. The lowest BCUT2D eigenvalue weighted by Gasteiger charge is -2.36. The lowest BCUT2D eigenvalue weighted by Crippen LogP contribution is -2.59. The van der Waals surface area contributed by atoms with Crippen molar-refractivity contribution in [3.8, 4) is 0 Å². The summed E-state index contributed by atoms with van der Waals surface area (Å²) >= 11 is 1.45. The van der Waals surface area contributed by atoms with Gasteiger partial charge in [-0.2, -0.15) is 11.8 Å². The van der Waals surface area contributed by atoms with Crippen LogP contribution in [-0.2, 0) is 20.9 Å². The Bertz CT molecular complexity index is 874. The highest BCUT2D eigenvalue weighted by atomic mass is 32.2. The average Bonchev–Trinajstić information content (AvgIpc) is 3.30. The number of likely N-dealkylation sites (tertiary alicyclic amines) is 1. The molecule has 33 heavy (non-hydrogen) atoms. The number of amidine groups is 1. The van der Waals surface area contributed by atoms with Gasteiger partial charge in [0.25, 0.3) is 0 Å². The molecular formula is C22H33N5O5S. The lowest BCUT2D eigenvalue weighted by atomic mass is 10.0. The largest absolute Gasteiger partial charge is 0.450 e. The quantitative estimate of drug-likeness (QED) is 0.182. The Labute approximate surface area is 198 Å². The summed E-state index contributed by atoms with van der Waals surface area (Å²) in [6.45, 7) is 6.34. The highest BCUT2D eigenvalue weighted by Crippen LogP contribution is 2.29. The minimum Gasteiger partial charge on any atom is -0.450 e. The third-order valence-electron chi connectivity index (χ3n) is 5.67. The maximum Gasteiger partial charge on any atom is 0.407 e. The second kappa shape index (κ2) is 11.8. The molecule has 0 spiro atoms. The van der Waals surface area contributed by atoms with E-state index < -0.39 is 22.9 Å². The Morgan fingerprint density at radius 2 is 2.00 bits per heavy atom. The molecule has 11 heteroatoms. The van der Waals surface area contributed by atoms with Gasteiger partial charge in [-0.1, -0.05) is 29.4 Å². The van der Waals surface area contributed by atoms with E-state index in [2.05, 4.69) is 15.8 Å². The first kappa shape index (κ1) is 26.3. The van der Waals surface area contributed by atoms with E-state index in [1.807, 2.05) is 20.1 Å². The highest BCUT2D eigenvalue weighted by Gasteiger charge is 2.43. The summed E-state index contributed by atoms with van der Waals surface area (Å²) in [7, 11) is 0. The van der Waals surface area contributed by atoms with Gasteiger partial charge in [0.15, 0.2) is 5.84 Å². The summed E-state index contributed by atoms with van der Waals surface area (Å²) in [5.74, 6) is -0.550. The van der Waals surface area contributed by atoms with E-state index in [0.29, 0.717) is 24.9 Å². The molecule has 0 saturated carbocycles. The average molecular weight is 480 g/mol. The van der Waals surface area contributed by atoms with E-state index in [9.17, 15) is 14.4 Å². The van der Waals surface area contributed by atoms with Crippen molar-refractivity contribution in [2.24, 2.45) is 10.9 Å². The number of nitrogens with two attached hydrogens (primary N) is 1. The Kier molecular flexibility index (Phi) is 9.39. The highest BCUT2D eigenvalue weighted by molar-refractivity contribution is 8.00. The molecular weight excluding hydrogens is 446 g/mol. The minimum absolute atomic E-state index is 0.00449. The van der Waals surface area contributed by atoms with Crippen LogP contribution in [0.2, 0.25) is 0 Å². The fourth-order valence-electron chi connectivity index (χ4n) is 3.57. The fourth-order valence-corrected chi connectivity index (χ4v) is 3.96. The van der Waals surface area contributed by atoms with E-state index >= 15 is 0 Å². The summed E-state index contributed by atoms with van der Waals surface area (Å²) < 4.78 is 4.38. The van der Waals surface area contributed by atoms with Gasteiger partial charge in [0.2, 0.25) is 11.8 Å². The molecule has 2 unspecified atom stereocenters. The van der Waals surface area contributed by atoms with Crippen LogP contribution in [0.15, 0.2) is 29.4 Å². The van der Waals surface area contributed by atoms with Crippen molar-refractivity contribution < 1.29 is 24.3 Å². The predicted molar refractivity (Wildman–Crippen MR) is 127 cm³/mol. The number of nitrogens with one attached hydrogen (secondary N) is 2. The summed E-state index contributed by atoms with van der Waals surface area (Å²) in [6, 6.07) is 5.47. The number of nitrogens with zero attached hydrogens (tertiary/aromatic N) is 2. The van der Waals surface area contributed by atoms with Gasteiger partial charge in [0.1, 0.15) is 12.1 Å². The molecule has 0 bridgehead atoms. The first-order chi connectivity index (χ1) is 15.6. The first-order valence-corrected chi connectivity index (χ1v) is 12.0. The molecule has 1 aromatic rings. The minimum atomic E-state index is -0.842. The molecule has 2 rings (SSSR count). The van der Waals surface area contributed by atoms with Crippen LogP contribution in [0, 0.1) is 0 Å². The van der Waals surface area contributed by atoms with Crippen molar-refractivity contribution in [3.05, 3.63) is 35.4 Å². The number of carbonyl (C=O) groups excluding carboxylic acids is 3. The molecule has 1 fully saturated rings. The van der Waals surface area contributed by atoms with Gasteiger partial charge < -0.3 is 31.2 Å². The van der Waals surface area contributed by atoms with Crippen molar-refractivity contribution in [1.82, 2.24) is 15.5 Å². The number of amides is 3. The zero-order valence-electron chi connectivity index (χ0n) is 19.5. The number of rotatable bonds is 9. The third-order valence-corrected chi connectivity index (χ3v) is 6.96. The fraction of sp³-hybridized carbons (Fsp3) is 0.545. The number of thioether (sulfide) groups is 1. The zero-order valence-corrected chi connectivity index (χ0v) is 20.3. The van der Waals surface area contributed by atoms with Crippen LogP contribution in [0.1, 0.15) is 44.7 Å². The number of alkyl carbamates (subject to hydrolysis) is 1. The van der Waals surface area contributed by atoms with Crippen LogP contribution in [0.5, 0.6) is 0 Å². The molecule has 0 aromatic heterocycles. The number of hydrogen-bond donors (Lipinski definition) is 4. The van der Waals surface area contributed by atoms with Gasteiger partial charge >= 0.3 is 6.09 Å². The van der Waals surface area contributed by atoms with Gasteiger partial charge in [-0.15, -0.1) is 0 Å². The molecule has 0 aliphatic carbocycles. The van der Waals surface area contributed by atoms with Gasteiger partial charge in [-0.25, -0.2) is 4.79 Å². The number of ether oxygens (including phenoxy) is 1. The molecule has 0 radical (unpaired) electrons. The molecule has 1 aliphatic heterocycles. The second-order valence-electron chi connectivity index (χ2n) is 8.20. The van der Waals surface area contributed by atoms with Crippen LogP contribution in [-0.4, -0.2) is 70.1 Å². The summed E-state index contributed by atoms with van der Waals surface area (Å²) in [4.78, 5) is 40.0. The van der Waals surface area contributed by atoms with Crippen molar-refractivity contribution >= 4 is 35.5 Å². The van der Waals surface area contributed by atoms with Crippen LogP contribution in [0.25, 0.3) is 0 Å². The predicted octanol–water partition coefficient (Wildman–Crippen LogP) is 1.64. The van der Waals surface area contributed by atoms with E-state index in [1.165, 1.54) is 11.8 Å². The molecule has 2 atom stereocenters. The molecule has 3 amide bonds. The molecule has 1 aromatic carbocycles. The van der Waals surface area contributed by atoms with Crippen LogP contribution >= 0.6 is 11.8 Å². The van der Waals surface area contributed by atoms with Gasteiger partial charge in [0, 0.05) is 23.4 Å². The SMILES string of the molecule is CCOC(=O)NC(C(=O)N1CCCC1C(=O)NCc1ccc(/C(N)=N/O)cc1)C(C)(C)SC. The Balaban J connectivity index is 2.08. The molecule has 1 saturated heterocycles. The number of hydrogen-bond acceptors (Lipinski definition) is 7. The molecule has 1 aliphatic rings. The summed E-state index contributed by atoms with van der Waals surface area (Å²) in [6.07, 6.45) is 2.45. The van der Waals surface area contributed by atoms with E-state index in [4.69, 9.17) is 15.7 Å². The molecule has 1 heterocycles. The van der Waals surface area contributed by atoms with Crippen LogP contribution in [0.3, 0.4) is 0 Å². The van der Waals surface area contributed by atoms with Gasteiger partial charge in [-0.3, -0.25) is 9.59 Å². The van der Waals surface area contributed by atoms with Crippen molar-refractivity contribution in [3.63, 3.8) is 0 Å². The van der Waals surface area contributed by atoms with Crippen molar-refractivity contribution in [1.29, 1.82) is 0 Å². The summed E-state index contributed by atoms with van der Waals surface area (Å²) in [5.41, 5.74) is 6.96. The maximum atomic E-state index is 13.4. The Hall–Kier alpha value is -2.95. The van der Waals surface area contributed by atoms with Gasteiger partial charge in [0.05, 0.1) is 6.61 Å². The molecule has 10 nitrogen and oxygen atoms in total. The number of carbonyl (C=O) groups is 3. The molecule has 182 valence electrons. The van der Waals surface area contributed by atoms with E-state index in [0.717, 1.165) is 5.56 Å². The lowest BCUT2D eigenvalue weighted by molar-refractivity contribution is -0.140. The van der Waals surface area contributed by atoms with E-state index in [-0.39, 0.29) is 30.8 Å². The number of benzene rings is 1. The first-order valence-electron chi connectivity index (χ1n) is 10.8. The van der Waals surface area contributed by atoms with Crippen molar-refractivity contribution in [2.75, 3.05) is 19.4 Å². The standard InChI is InChI=1S/C22H33N5O5S/c1-5-32-21(30)25-17(22(2,3)33-4)20(29)27-12-6-7-16(27)19(28)24-13-14-8-10-15(11-9-14)18(23)26-31/h8-11,16-17,31H,5-7,12-13H2,1-4H3,(H2,23,26)(H,24,28)(H,25,30). The molecule has 5 N–H and O–H groups in total. The van der Waals surface area contributed by atoms with E-state index in [1.54, 1.807) is 36.1 Å². The number of oxime groups is 1. The van der Waals surface area contributed by atoms with Gasteiger partial charge in [-0.05, 0) is 45.4 Å². The maximum absolute atomic E-state index is 13.4.